The van der Waals surface area contributed by atoms with Gasteiger partial charge in [0.1, 0.15) is 11.4 Å². The van der Waals surface area contributed by atoms with E-state index in [9.17, 15) is 0 Å². The minimum absolute atomic E-state index is 0.0211. The highest BCUT2D eigenvalue weighted by atomic mass is 16.3. The third-order valence-corrected chi connectivity index (χ3v) is 9.97. The van der Waals surface area contributed by atoms with Crippen molar-refractivity contribution in [2.24, 2.45) is 10.5 Å². The highest BCUT2D eigenvalue weighted by Crippen LogP contribution is 2.45. The first kappa shape index (κ1) is 32.0. The standard InChI is InChI=1S/C46H40N4O/c1-46(28-11-4-12-29-46)37-19-13-18-36(30-37)39-26-27-41-40-20-9-10-21-42(40)51-44(41)43(39)49-38-24-22-34(23-25-38)32-50(45(47)35-16-7-3-8-17-35)48-31-33-14-5-2-6-15-33/h2-17,19-28,30-31,36,47,49H,18,29,32H2,1H3/b47-45?,48-31+. The fourth-order valence-corrected chi connectivity index (χ4v) is 7.07. The van der Waals surface area contributed by atoms with Gasteiger partial charge in [-0.2, -0.15) is 5.10 Å². The van der Waals surface area contributed by atoms with Gasteiger partial charge in [-0.25, -0.2) is 5.01 Å². The molecule has 8 rings (SSSR count). The third kappa shape index (κ3) is 6.71. The number of nitrogens with one attached hydrogen (secondary N) is 2. The summed E-state index contributed by atoms with van der Waals surface area (Å²) in [6, 6.07) is 40.9. The molecule has 0 aliphatic heterocycles. The number of fused-ring (bicyclic) bond motifs is 3. The maximum absolute atomic E-state index is 9.00. The highest BCUT2D eigenvalue weighted by Gasteiger charge is 2.28. The fraction of sp³-hybridized carbons (Fsp3) is 0.130. The van der Waals surface area contributed by atoms with Crippen molar-refractivity contribution in [3.63, 3.8) is 0 Å². The summed E-state index contributed by atoms with van der Waals surface area (Å²) in [5.74, 6) is 0.536. The number of furan rings is 1. The van der Waals surface area contributed by atoms with Crippen molar-refractivity contribution in [1.82, 2.24) is 5.01 Å². The van der Waals surface area contributed by atoms with E-state index in [4.69, 9.17) is 14.9 Å². The summed E-state index contributed by atoms with van der Waals surface area (Å²) in [6.45, 7) is 2.77. The molecule has 0 bridgehead atoms. The molecule has 5 nitrogen and oxygen atoms in total. The Bertz CT molecular complexity index is 2350. The smallest absolute Gasteiger partial charge is 0.159 e. The summed E-state index contributed by atoms with van der Waals surface area (Å²) in [5, 5.41) is 21.5. The molecule has 0 fully saturated rings. The predicted molar refractivity (Wildman–Crippen MR) is 212 cm³/mol. The molecule has 0 saturated heterocycles. The van der Waals surface area contributed by atoms with Crippen LogP contribution in [0, 0.1) is 10.8 Å². The number of anilines is 2. The lowest BCUT2D eigenvalue weighted by Gasteiger charge is -2.32. The number of hydrazone groups is 1. The van der Waals surface area contributed by atoms with E-state index in [0.717, 1.165) is 62.8 Å². The SMILES string of the molecule is CC1(C2=CC(c3ccc4c(oc5ccccc54)c3Nc3ccc(CN(/N=C/c4ccccc4)C(=N)c4ccccc4)cc3)CC=C2)C=CC=CC1. The molecule has 0 amide bonds. The van der Waals surface area contributed by atoms with Crippen molar-refractivity contribution in [3.05, 3.63) is 192 Å². The van der Waals surface area contributed by atoms with Gasteiger partial charge < -0.3 is 9.73 Å². The number of hydrogen-bond donors (Lipinski definition) is 2. The summed E-state index contributed by atoms with van der Waals surface area (Å²) in [5.41, 5.74) is 9.09. The Hall–Kier alpha value is -6.20. The second-order valence-electron chi connectivity index (χ2n) is 13.5. The van der Waals surface area contributed by atoms with Crippen molar-refractivity contribution in [2.75, 3.05) is 5.32 Å². The molecular weight excluding hydrogens is 625 g/mol. The summed E-state index contributed by atoms with van der Waals surface area (Å²) in [7, 11) is 0. The molecule has 250 valence electrons. The van der Waals surface area contributed by atoms with Gasteiger partial charge in [-0.15, -0.1) is 0 Å². The zero-order valence-electron chi connectivity index (χ0n) is 28.7. The van der Waals surface area contributed by atoms with Gasteiger partial charge in [0.2, 0.25) is 0 Å². The van der Waals surface area contributed by atoms with Crippen LogP contribution in [0.15, 0.2) is 179 Å². The molecule has 1 aromatic heterocycles. The Kier molecular flexibility index (Phi) is 8.77. The first-order valence-corrected chi connectivity index (χ1v) is 17.6. The Morgan fingerprint density at radius 2 is 1.63 bits per heavy atom. The van der Waals surface area contributed by atoms with Crippen molar-refractivity contribution in [3.8, 4) is 0 Å². The van der Waals surface area contributed by atoms with Gasteiger partial charge in [0.25, 0.3) is 0 Å². The maximum atomic E-state index is 9.00. The van der Waals surface area contributed by atoms with Crippen molar-refractivity contribution in [1.29, 1.82) is 5.41 Å². The average Bonchev–Trinajstić information content (AvgIpc) is 3.57. The Labute approximate surface area is 299 Å². The number of rotatable bonds is 9. The fourth-order valence-electron chi connectivity index (χ4n) is 7.07. The van der Waals surface area contributed by atoms with Crippen LogP contribution in [-0.4, -0.2) is 17.1 Å². The molecule has 2 aliphatic rings. The number of benzene rings is 5. The van der Waals surface area contributed by atoms with E-state index in [0.29, 0.717) is 12.4 Å². The molecule has 2 N–H and O–H groups in total. The predicted octanol–water partition coefficient (Wildman–Crippen LogP) is 11.7. The molecule has 0 saturated carbocycles. The minimum atomic E-state index is -0.0211. The van der Waals surface area contributed by atoms with Crippen molar-refractivity contribution < 1.29 is 4.42 Å². The zero-order chi connectivity index (χ0) is 34.6. The summed E-state index contributed by atoms with van der Waals surface area (Å²) >= 11 is 0. The number of allylic oxidation sites excluding steroid dienone is 8. The lowest BCUT2D eigenvalue weighted by molar-refractivity contribution is 0.439. The highest BCUT2D eigenvalue weighted by molar-refractivity contribution is 6.10. The average molecular weight is 665 g/mol. The van der Waals surface area contributed by atoms with Gasteiger partial charge in [0.15, 0.2) is 5.58 Å². The van der Waals surface area contributed by atoms with E-state index in [1.165, 1.54) is 11.1 Å². The van der Waals surface area contributed by atoms with Gasteiger partial charge in [0, 0.05) is 33.4 Å². The van der Waals surface area contributed by atoms with Crippen LogP contribution in [0.2, 0.25) is 0 Å². The molecule has 51 heavy (non-hydrogen) atoms. The molecule has 5 aromatic carbocycles. The lowest BCUT2D eigenvalue weighted by Crippen LogP contribution is -2.25. The number of nitrogens with zero attached hydrogens (tertiary/aromatic N) is 2. The van der Waals surface area contributed by atoms with Gasteiger partial charge in [0.05, 0.1) is 18.4 Å². The molecule has 5 heteroatoms. The van der Waals surface area contributed by atoms with E-state index >= 15 is 0 Å². The largest absolute Gasteiger partial charge is 0.454 e. The Morgan fingerprint density at radius 3 is 2.41 bits per heavy atom. The van der Waals surface area contributed by atoms with Crippen molar-refractivity contribution in [2.45, 2.75) is 32.2 Å². The molecule has 2 atom stereocenters. The van der Waals surface area contributed by atoms with Crippen LogP contribution in [0.3, 0.4) is 0 Å². The summed E-state index contributed by atoms with van der Waals surface area (Å²) in [4.78, 5) is 0. The van der Waals surface area contributed by atoms with E-state index in [1.807, 2.05) is 79.0 Å². The van der Waals surface area contributed by atoms with E-state index in [1.54, 1.807) is 5.01 Å². The van der Waals surface area contributed by atoms with Crippen LogP contribution in [0.25, 0.3) is 21.9 Å². The summed E-state index contributed by atoms with van der Waals surface area (Å²) < 4.78 is 6.59. The molecule has 2 unspecified atom stereocenters. The van der Waals surface area contributed by atoms with Crippen LogP contribution in [-0.2, 0) is 6.54 Å². The molecule has 2 aliphatic carbocycles. The Morgan fingerprint density at radius 1 is 0.863 bits per heavy atom. The van der Waals surface area contributed by atoms with Crippen molar-refractivity contribution >= 4 is 45.4 Å². The van der Waals surface area contributed by atoms with Crippen LogP contribution < -0.4 is 5.32 Å². The van der Waals surface area contributed by atoms with Gasteiger partial charge in [-0.1, -0.05) is 153 Å². The molecule has 6 aromatic rings. The first-order valence-electron chi connectivity index (χ1n) is 17.6. The number of amidine groups is 1. The van der Waals surface area contributed by atoms with Gasteiger partial charge >= 0.3 is 0 Å². The van der Waals surface area contributed by atoms with E-state index < -0.39 is 0 Å². The molecule has 0 spiro atoms. The monoisotopic (exact) mass is 664 g/mol. The molecule has 0 radical (unpaired) electrons. The van der Waals surface area contributed by atoms with Crippen LogP contribution >= 0.6 is 0 Å². The van der Waals surface area contributed by atoms with E-state index in [2.05, 4.69) is 103 Å². The quantitative estimate of drug-likeness (QED) is 0.0918. The van der Waals surface area contributed by atoms with Gasteiger partial charge in [-0.05, 0) is 53.3 Å². The second kappa shape index (κ2) is 14.0. The minimum Gasteiger partial charge on any atom is -0.454 e. The zero-order valence-corrected chi connectivity index (χ0v) is 28.7. The van der Waals surface area contributed by atoms with Gasteiger partial charge in [-0.3, -0.25) is 5.41 Å². The topological polar surface area (TPSA) is 64.6 Å². The third-order valence-electron chi connectivity index (χ3n) is 9.97. The second-order valence-corrected chi connectivity index (χ2v) is 13.5. The number of hydrogen-bond acceptors (Lipinski definition) is 4. The maximum Gasteiger partial charge on any atom is 0.159 e. The molecular formula is C46H40N4O. The summed E-state index contributed by atoms with van der Waals surface area (Å²) in [6.07, 6.45) is 19.7. The first-order chi connectivity index (χ1) is 25.0. The van der Waals surface area contributed by atoms with Crippen LogP contribution in [0.1, 0.15) is 47.9 Å². The molecule has 1 heterocycles. The van der Waals surface area contributed by atoms with Crippen LogP contribution in [0.4, 0.5) is 11.4 Å². The lowest BCUT2D eigenvalue weighted by atomic mass is 9.73. The Balaban J connectivity index is 1.12. The van der Waals surface area contributed by atoms with Crippen LogP contribution in [0.5, 0.6) is 0 Å². The normalized spacial score (nSPS) is 18.4. The van der Waals surface area contributed by atoms with E-state index in [-0.39, 0.29) is 11.3 Å². The number of para-hydroxylation sites is 1.